The van der Waals surface area contributed by atoms with E-state index >= 15 is 0 Å². The Kier molecular flexibility index (Phi) is 4.62. The molecule has 0 atom stereocenters. The molecule has 0 bridgehead atoms. The van der Waals surface area contributed by atoms with E-state index in [0.29, 0.717) is 6.61 Å². The first-order valence-electron chi connectivity index (χ1n) is 6.50. The number of rotatable bonds is 6. The maximum Gasteiger partial charge on any atom is 0.0896 e. The maximum absolute atomic E-state index is 5.75. The normalized spacial score (nSPS) is 16.2. The molecule has 3 nitrogen and oxygen atoms in total. The third-order valence-electron chi connectivity index (χ3n) is 3.64. The van der Waals surface area contributed by atoms with Crippen molar-refractivity contribution in [1.29, 1.82) is 0 Å². The highest BCUT2D eigenvalue weighted by Gasteiger charge is 2.17. The van der Waals surface area contributed by atoms with Crippen molar-refractivity contribution < 1.29 is 4.74 Å². The highest BCUT2D eigenvalue weighted by atomic mass is 79.9. The molecule has 17 heavy (non-hydrogen) atoms. The third-order valence-corrected chi connectivity index (χ3v) is 4.55. The van der Waals surface area contributed by atoms with Crippen LogP contribution in [0.2, 0.25) is 0 Å². The largest absolute Gasteiger partial charge is 0.375 e. The molecule has 0 unspecified atom stereocenters. The first-order valence-corrected chi connectivity index (χ1v) is 7.29. The number of hydrogen-bond acceptors (Lipinski definition) is 2. The molecular formula is C13H21BrN2O. The minimum Gasteiger partial charge on any atom is -0.375 e. The zero-order chi connectivity index (χ0) is 12.3. The predicted octanol–water partition coefficient (Wildman–Crippen LogP) is 3.45. The van der Waals surface area contributed by atoms with Gasteiger partial charge in [-0.3, -0.25) is 4.68 Å². The summed E-state index contributed by atoms with van der Waals surface area (Å²) in [5.74, 6) is 0.927. The second-order valence-corrected chi connectivity index (χ2v) is 5.62. The second kappa shape index (κ2) is 6.01. The first-order chi connectivity index (χ1) is 8.22. The summed E-state index contributed by atoms with van der Waals surface area (Å²) in [5, 5.41) is 4.46. The maximum atomic E-state index is 5.75. The molecule has 1 aliphatic carbocycles. The fraction of sp³-hybridized carbons (Fsp3) is 0.769. The Bertz CT molecular complexity index is 372. The molecule has 1 aliphatic rings. The van der Waals surface area contributed by atoms with E-state index in [0.717, 1.165) is 34.8 Å². The van der Waals surface area contributed by atoms with E-state index in [-0.39, 0.29) is 0 Å². The van der Waals surface area contributed by atoms with Crippen LogP contribution in [-0.4, -0.2) is 16.4 Å². The molecule has 1 saturated carbocycles. The molecule has 0 aliphatic heterocycles. The van der Waals surface area contributed by atoms with Gasteiger partial charge in [0.25, 0.3) is 0 Å². The van der Waals surface area contributed by atoms with Crippen LogP contribution in [0.5, 0.6) is 0 Å². The SMILES string of the molecule is CCc1nn(C)c(COCCC2CCC2)c1Br. The van der Waals surface area contributed by atoms with Gasteiger partial charge >= 0.3 is 0 Å². The van der Waals surface area contributed by atoms with Crippen molar-refractivity contribution in [3.05, 3.63) is 15.9 Å². The minimum atomic E-state index is 0.663. The van der Waals surface area contributed by atoms with Gasteiger partial charge in [0.15, 0.2) is 0 Å². The van der Waals surface area contributed by atoms with E-state index in [9.17, 15) is 0 Å². The van der Waals surface area contributed by atoms with Crippen molar-refractivity contribution >= 4 is 15.9 Å². The van der Waals surface area contributed by atoms with E-state index in [1.807, 2.05) is 11.7 Å². The van der Waals surface area contributed by atoms with Crippen LogP contribution in [0.4, 0.5) is 0 Å². The number of ether oxygens (including phenoxy) is 1. The molecule has 4 heteroatoms. The third kappa shape index (κ3) is 3.10. The van der Waals surface area contributed by atoms with Crippen LogP contribution in [0.1, 0.15) is 44.0 Å². The summed E-state index contributed by atoms with van der Waals surface area (Å²) in [6.07, 6.45) is 6.39. The molecule has 1 heterocycles. The average molecular weight is 301 g/mol. The zero-order valence-corrected chi connectivity index (χ0v) is 12.3. The van der Waals surface area contributed by atoms with Gasteiger partial charge in [-0.15, -0.1) is 0 Å². The summed E-state index contributed by atoms with van der Waals surface area (Å²) in [6, 6.07) is 0. The quantitative estimate of drug-likeness (QED) is 0.753. The van der Waals surface area contributed by atoms with Gasteiger partial charge in [0, 0.05) is 13.7 Å². The number of nitrogens with zero attached hydrogens (tertiary/aromatic N) is 2. The summed E-state index contributed by atoms with van der Waals surface area (Å²) < 4.78 is 8.79. The highest BCUT2D eigenvalue weighted by molar-refractivity contribution is 9.10. The van der Waals surface area contributed by atoms with E-state index < -0.39 is 0 Å². The molecule has 0 spiro atoms. The monoisotopic (exact) mass is 300 g/mol. The van der Waals surface area contributed by atoms with Crippen molar-refractivity contribution in [1.82, 2.24) is 9.78 Å². The van der Waals surface area contributed by atoms with Gasteiger partial charge in [-0.1, -0.05) is 26.2 Å². The summed E-state index contributed by atoms with van der Waals surface area (Å²) in [7, 11) is 1.98. The van der Waals surface area contributed by atoms with Crippen molar-refractivity contribution in [3.63, 3.8) is 0 Å². The van der Waals surface area contributed by atoms with Crippen LogP contribution in [-0.2, 0) is 24.8 Å². The Balaban J connectivity index is 1.79. The van der Waals surface area contributed by atoms with Gasteiger partial charge in [0.2, 0.25) is 0 Å². The summed E-state index contributed by atoms with van der Waals surface area (Å²) in [5.41, 5.74) is 2.26. The van der Waals surface area contributed by atoms with Crippen molar-refractivity contribution in [2.75, 3.05) is 6.61 Å². The fourth-order valence-electron chi connectivity index (χ4n) is 2.18. The molecule has 0 saturated heterocycles. The lowest BCUT2D eigenvalue weighted by Gasteiger charge is -2.24. The van der Waals surface area contributed by atoms with Gasteiger partial charge in [-0.25, -0.2) is 0 Å². The van der Waals surface area contributed by atoms with Crippen molar-refractivity contribution in [3.8, 4) is 0 Å². The minimum absolute atomic E-state index is 0.663. The number of hydrogen-bond donors (Lipinski definition) is 0. The fourth-order valence-corrected chi connectivity index (χ4v) is 2.91. The van der Waals surface area contributed by atoms with Crippen molar-refractivity contribution in [2.45, 2.75) is 45.6 Å². The Labute approximate surface area is 112 Å². The molecular weight excluding hydrogens is 280 g/mol. The van der Waals surface area contributed by atoms with E-state index in [4.69, 9.17) is 4.74 Å². The Morgan fingerprint density at radius 3 is 2.76 bits per heavy atom. The molecule has 0 amide bonds. The van der Waals surface area contributed by atoms with E-state index in [1.54, 1.807) is 0 Å². The van der Waals surface area contributed by atoms with Gasteiger partial charge in [0.1, 0.15) is 0 Å². The lowest BCUT2D eigenvalue weighted by Crippen LogP contribution is -2.13. The Morgan fingerprint density at radius 1 is 1.47 bits per heavy atom. The second-order valence-electron chi connectivity index (χ2n) is 4.82. The number of halogens is 1. The van der Waals surface area contributed by atoms with Crippen LogP contribution in [0.25, 0.3) is 0 Å². The Hall–Kier alpha value is -0.350. The average Bonchev–Trinajstić information content (AvgIpc) is 2.52. The number of aryl methyl sites for hydroxylation is 2. The molecule has 1 aromatic rings. The Morgan fingerprint density at radius 2 is 2.24 bits per heavy atom. The van der Waals surface area contributed by atoms with Crippen LogP contribution >= 0.6 is 15.9 Å². The molecule has 0 radical (unpaired) electrons. The molecule has 0 N–H and O–H groups in total. The van der Waals surface area contributed by atoms with E-state index in [1.165, 1.54) is 25.7 Å². The van der Waals surface area contributed by atoms with Gasteiger partial charge in [-0.2, -0.15) is 5.10 Å². The van der Waals surface area contributed by atoms with Crippen LogP contribution in [0, 0.1) is 5.92 Å². The molecule has 1 fully saturated rings. The molecule has 96 valence electrons. The first kappa shape index (κ1) is 13.1. The summed E-state index contributed by atoms with van der Waals surface area (Å²) >= 11 is 3.60. The van der Waals surface area contributed by atoms with Crippen LogP contribution in [0.15, 0.2) is 4.47 Å². The topological polar surface area (TPSA) is 27.1 Å². The van der Waals surface area contributed by atoms with Crippen LogP contribution in [0.3, 0.4) is 0 Å². The van der Waals surface area contributed by atoms with Gasteiger partial charge in [0.05, 0.1) is 22.5 Å². The lowest BCUT2D eigenvalue weighted by atomic mass is 9.83. The van der Waals surface area contributed by atoms with Crippen LogP contribution < -0.4 is 0 Å². The smallest absolute Gasteiger partial charge is 0.0896 e. The predicted molar refractivity (Wildman–Crippen MR) is 71.9 cm³/mol. The highest BCUT2D eigenvalue weighted by Crippen LogP contribution is 2.29. The van der Waals surface area contributed by atoms with Gasteiger partial charge < -0.3 is 4.74 Å². The number of aromatic nitrogens is 2. The van der Waals surface area contributed by atoms with E-state index in [2.05, 4.69) is 28.0 Å². The van der Waals surface area contributed by atoms with Gasteiger partial charge in [-0.05, 0) is 34.7 Å². The zero-order valence-electron chi connectivity index (χ0n) is 10.7. The standard InChI is InChI=1S/C13H21BrN2O/c1-3-11-13(14)12(16(2)15-11)9-17-8-7-10-5-4-6-10/h10H,3-9H2,1-2H3. The lowest BCUT2D eigenvalue weighted by molar-refractivity contribution is 0.0906. The molecule has 0 aromatic carbocycles. The summed E-state index contributed by atoms with van der Waals surface area (Å²) in [4.78, 5) is 0. The van der Waals surface area contributed by atoms with Crippen molar-refractivity contribution in [2.24, 2.45) is 13.0 Å². The summed E-state index contributed by atoms with van der Waals surface area (Å²) in [6.45, 7) is 3.66. The molecule has 2 rings (SSSR count). The molecule has 1 aromatic heterocycles.